The molecule has 1 aromatic heterocycles. The molecule has 1 heterocycles. The molecule has 0 atom stereocenters. The summed E-state index contributed by atoms with van der Waals surface area (Å²) in [4.78, 5) is 3.78. The van der Waals surface area contributed by atoms with E-state index < -0.39 is 0 Å². The average molecular weight is 319 g/mol. The summed E-state index contributed by atoms with van der Waals surface area (Å²) in [7, 11) is 2.19. The molecule has 0 aliphatic carbocycles. The monoisotopic (exact) mass is 319 g/mol. The molecule has 0 bridgehead atoms. The lowest BCUT2D eigenvalue weighted by atomic mass is 9.87. The molecular weight excluding hydrogens is 301 g/mol. The van der Waals surface area contributed by atoms with Gasteiger partial charge in [-0.1, -0.05) is 66.1 Å². The van der Waals surface area contributed by atoms with Crippen molar-refractivity contribution in [3.05, 3.63) is 97.3 Å². The maximum atomic E-state index is 3.78. The molecule has 0 spiro atoms. The highest BCUT2D eigenvalue weighted by molar-refractivity contribution is 6.41. The van der Waals surface area contributed by atoms with Crippen LogP contribution in [0.25, 0.3) is 32.3 Å². The van der Waals surface area contributed by atoms with Crippen molar-refractivity contribution in [3.63, 3.8) is 0 Å². The van der Waals surface area contributed by atoms with Gasteiger partial charge in [-0.25, -0.2) is 0 Å². The molecule has 25 heavy (non-hydrogen) atoms. The minimum absolute atomic E-state index is 1.31. The molecule has 0 unspecified atom stereocenters. The Bertz CT molecular complexity index is 1120. The first-order valence-corrected chi connectivity index (χ1v) is 8.49. The van der Waals surface area contributed by atoms with Crippen LogP contribution in [0.2, 0.25) is 0 Å². The van der Waals surface area contributed by atoms with Crippen molar-refractivity contribution in [2.24, 2.45) is 0 Å². The Morgan fingerprint density at radius 3 is 1.92 bits per heavy atom. The lowest BCUT2D eigenvalue weighted by Crippen LogP contribution is -2.03. The SMILES string of the molecule is Bc1cccc2ccc3cc4ccccc4cc3c12.c1ccncc1. The Kier molecular flexibility index (Phi) is 4.18. The summed E-state index contributed by atoms with van der Waals surface area (Å²) >= 11 is 0. The molecule has 0 aliphatic rings. The van der Waals surface area contributed by atoms with Crippen molar-refractivity contribution in [2.75, 3.05) is 0 Å². The van der Waals surface area contributed by atoms with Crippen LogP contribution in [-0.4, -0.2) is 12.8 Å². The quantitative estimate of drug-likeness (QED) is 0.233. The van der Waals surface area contributed by atoms with E-state index in [-0.39, 0.29) is 0 Å². The molecule has 1 nitrogen and oxygen atoms in total. The summed E-state index contributed by atoms with van der Waals surface area (Å²) in [5.41, 5.74) is 1.35. The Balaban J connectivity index is 0.000000223. The van der Waals surface area contributed by atoms with Crippen molar-refractivity contribution in [1.29, 1.82) is 0 Å². The van der Waals surface area contributed by atoms with E-state index in [4.69, 9.17) is 0 Å². The Morgan fingerprint density at radius 1 is 0.560 bits per heavy atom. The molecule has 118 valence electrons. The van der Waals surface area contributed by atoms with E-state index in [1.165, 1.54) is 37.8 Å². The summed E-state index contributed by atoms with van der Waals surface area (Å²) in [5.74, 6) is 0. The van der Waals surface area contributed by atoms with E-state index in [1.54, 1.807) is 12.4 Å². The number of fused-ring (bicyclic) bond motifs is 4. The molecule has 4 aromatic carbocycles. The third-order valence-electron chi connectivity index (χ3n) is 4.50. The molecular formula is C23H18BN. The van der Waals surface area contributed by atoms with Gasteiger partial charge in [0.1, 0.15) is 7.85 Å². The third kappa shape index (κ3) is 3.11. The van der Waals surface area contributed by atoms with E-state index in [1.807, 2.05) is 18.2 Å². The van der Waals surface area contributed by atoms with Crippen LogP contribution in [0.4, 0.5) is 0 Å². The summed E-state index contributed by atoms with van der Waals surface area (Å²) in [5, 5.41) is 8.00. The maximum absolute atomic E-state index is 3.78. The molecule has 0 N–H and O–H groups in total. The lowest BCUT2D eigenvalue weighted by molar-refractivity contribution is 1.33. The van der Waals surface area contributed by atoms with E-state index in [2.05, 4.69) is 79.6 Å². The molecule has 0 fully saturated rings. The Labute approximate surface area is 148 Å². The van der Waals surface area contributed by atoms with Crippen molar-refractivity contribution in [1.82, 2.24) is 4.98 Å². The molecule has 5 aromatic rings. The van der Waals surface area contributed by atoms with Crippen LogP contribution in [0.1, 0.15) is 0 Å². The Hall–Kier alpha value is -3.13. The summed E-state index contributed by atoms with van der Waals surface area (Å²) < 4.78 is 0. The number of aromatic nitrogens is 1. The molecule has 2 heteroatoms. The van der Waals surface area contributed by atoms with E-state index in [0.29, 0.717) is 0 Å². The zero-order valence-electron chi connectivity index (χ0n) is 14.2. The minimum atomic E-state index is 1.31. The van der Waals surface area contributed by atoms with Gasteiger partial charge in [-0.15, -0.1) is 0 Å². The number of pyridine rings is 1. The first-order valence-electron chi connectivity index (χ1n) is 8.49. The van der Waals surface area contributed by atoms with Gasteiger partial charge >= 0.3 is 0 Å². The van der Waals surface area contributed by atoms with Gasteiger partial charge in [0, 0.05) is 12.4 Å². The van der Waals surface area contributed by atoms with Crippen LogP contribution >= 0.6 is 0 Å². The van der Waals surface area contributed by atoms with Gasteiger partial charge in [-0.3, -0.25) is 4.98 Å². The summed E-state index contributed by atoms with van der Waals surface area (Å²) in [6.45, 7) is 0. The second kappa shape index (κ2) is 6.78. The normalized spacial score (nSPS) is 10.6. The summed E-state index contributed by atoms with van der Waals surface area (Å²) in [6, 6.07) is 29.8. The third-order valence-corrected chi connectivity index (χ3v) is 4.50. The van der Waals surface area contributed by atoms with Crippen LogP contribution in [0.5, 0.6) is 0 Å². The van der Waals surface area contributed by atoms with E-state index in [0.717, 1.165) is 0 Å². The fourth-order valence-corrected chi connectivity index (χ4v) is 3.30. The van der Waals surface area contributed by atoms with Crippen molar-refractivity contribution in [3.8, 4) is 0 Å². The van der Waals surface area contributed by atoms with Crippen LogP contribution in [0.3, 0.4) is 0 Å². The molecule has 0 aliphatic heterocycles. The number of hydrogen-bond acceptors (Lipinski definition) is 1. The van der Waals surface area contributed by atoms with Gasteiger partial charge in [0.05, 0.1) is 0 Å². The maximum Gasteiger partial charge on any atom is 0.140 e. The van der Waals surface area contributed by atoms with Crippen molar-refractivity contribution < 1.29 is 0 Å². The lowest BCUT2D eigenvalue weighted by Gasteiger charge is -2.08. The average Bonchev–Trinajstić information content (AvgIpc) is 2.68. The van der Waals surface area contributed by atoms with Crippen LogP contribution in [0, 0.1) is 0 Å². The molecule has 0 saturated heterocycles. The highest BCUT2D eigenvalue weighted by Crippen LogP contribution is 2.28. The molecule has 0 radical (unpaired) electrons. The fraction of sp³-hybridized carbons (Fsp3) is 0. The second-order valence-corrected chi connectivity index (χ2v) is 6.18. The van der Waals surface area contributed by atoms with Gasteiger partial charge in [0.15, 0.2) is 0 Å². The fourth-order valence-electron chi connectivity index (χ4n) is 3.30. The molecule has 0 amide bonds. The van der Waals surface area contributed by atoms with Crippen LogP contribution in [0.15, 0.2) is 97.3 Å². The highest BCUT2D eigenvalue weighted by atomic mass is 14.6. The van der Waals surface area contributed by atoms with Crippen molar-refractivity contribution >= 4 is 45.6 Å². The predicted molar refractivity (Wildman–Crippen MR) is 111 cm³/mol. The smallest absolute Gasteiger partial charge is 0.140 e. The minimum Gasteiger partial charge on any atom is -0.265 e. The van der Waals surface area contributed by atoms with Gasteiger partial charge in [0.25, 0.3) is 0 Å². The zero-order chi connectivity index (χ0) is 17.1. The van der Waals surface area contributed by atoms with Gasteiger partial charge in [0.2, 0.25) is 0 Å². The standard InChI is InChI=1S/C18H13B.C5H5N/c19-17-7-3-6-12-8-9-15-10-13-4-1-2-5-14(13)11-16(15)18(12)17;1-2-4-6-5-3-1/h1-11H,19H2;1-5H. The molecule has 0 saturated carbocycles. The van der Waals surface area contributed by atoms with Gasteiger partial charge < -0.3 is 0 Å². The van der Waals surface area contributed by atoms with Crippen LogP contribution in [-0.2, 0) is 0 Å². The largest absolute Gasteiger partial charge is 0.265 e. The Morgan fingerprint density at radius 2 is 1.24 bits per heavy atom. The topological polar surface area (TPSA) is 12.9 Å². The number of hydrogen-bond donors (Lipinski definition) is 0. The van der Waals surface area contributed by atoms with Crippen LogP contribution < -0.4 is 5.46 Å². The highest BCUT2D eigenvalue weighted by Gasteiger charge is 2.04. The second-order valence-electron chi connectivity index (χ2n) is 6.18. The van der Waals surface area contributed by atoms with Gasteiger partial charge in [-0.2, -0.15) is 0 Å². The predicted octanol–water partition coefficient (Wildman–Crippen LogP) is 4.49. The first-order chi connectivity index (χ1) is 12.3. The number of nitrogens with zero attached hydrogens (tertiary/aromatic N) is 1. The number of rotatable bonds is 0. The van der Waals surface area contributed by atoms with Crippen molar-refractivity contribution in [2.45, 2.75) is 0 Å². The number of benzene rings is 4. The first kappa shape index (κ1) is 15.4. The summed E-state index contributed by atoms with van der Waals surface area (Å²) in [6.07, 6.45) is 3.50. The van der Waals surface area contributed by atoms with Gasteiger partial charge in [-0.05, 0) is 56.6 Å². The molecule has 5 rings (SSSR count). The van der Waals surface area contributed by atoms with E-state index in [9.17, 15) is 0 Å². The van der Waals surface area contributed by atoms with E-state index >= 15 is 0 Å². The zero-order valence-corrected chi connectivity index (χ0v) is 14.2.